The van der Waals surface area contributed by atoms with Crippen LogP contribution in [0.4, 0.5) is 24.5 Å². The third-order valence-corrected chi connectivity index (χ3v) is 6.02. The Morgan fingerprint density at radius 1 is 1.06 bits per heavy atom. The van der Waals surface area contributed by atoms with Gasteiger partial charge < -0.3 is 20.1 Å². The molecule has 1 unspecified atom stereocenters. The van der Waals surface area contributed by atoms with Crippen molar-refractivity contribution >= 4 is 17.3 Å². The summed E-state index contributed by atoms with van der Waals surface area (Å²) in [7, 11) is 0. The summed E-state index contributed by atoms with van der Waals surface area (Å²) in [6.45, 7) is 1.28. The maximum Gasteiger partial charge on any atom is 0.573 e. The van der Waals surface area contributed by atoms with Crippen LogP contribution >= 0.6 is 0 Å². The fourth-order valence-electron chi connectivity index (χ4n) is 4.38. The van der Waals surface area contributed by atoms with Gasteiger partial charge in [0.15, 0.2) is 0 Å². The zero-order chi connectivity index (χ0) is 22.0. The molecule has 2 aromatic rings. The molecule has 166 valence electrons. The van der Waals surface area contributed by atoms with Gasteiger partial charge in [-0.1, -0.05) is 12.1 Å². The molecule has 2 aliphatic rings. The summed E-state index contributed by atoms with van der Waals surface area (Å²) in [5.41, 5.74) is 3.78. The number of ether oxygens (including phenoxy) is 1. The van der Waals surface area contributed by atoms with Gasteiger partial charge in [0.25, 0.3) is 0 Å². The fraction of sp³-hybridized carbons (Fsp3) is 0.435. The number of anilines is 2. The van der Waals surface area contributed by atoms with Gasteiger partial charge in [-0.25, -0.2) is 0 Å². The maximum absolute atomic E-state index is 12.8. The van der Waals surface area contributed by atoms with E-state index in [9.17, 15) is 23.1 Å². The molecule has 4 rings (SSSR count). The van der Waals surface area contributed by atoms with E-state index in [0.717, 1.165) is 29.8 Å². The van der Waals surface area contributed by atoms with Gasteiger partial charge in [-0.15, -0.1) is 13.2 Å². The molecular weight excluding hydrogens is 409 g/mol. The Morgan fingerprint density at radius 2 is 1.77 bits per heavy atom. The van der Waals surface area contributed by atoms with E-state index in [-0.39, 0.29) is 23.7 Å². The second-order valence-electron chi connectivity index (χ2n) is 8.13. The molecule has 1 aliphatic carbocycles. The molecule has 0 spiro atoms. The summed E-state index contributed by atoms with van der Waals surface area (Å²) in [5.74, 6) is -0.405. The van der Waals surface area contributed by atoms with Crippen molar-refractivity contribution in [2.75, 3.05) is 23.3 Å². The van der Waals surface area contributed by atoms with Crippen LogP contribution in [-0.2, 0) is 17.6 Å². The number of piperidine rings is 1. The van der Waals surface area contributed by atoms with Crippen LogP contribution in [0.2, 0.25) is 0 Å². The molecular formula is C23H25F3N2O3. The van der Waals surface area contributed by atoms with Crippen LogP contribution in [0, 0.1) is 5.92 Å². The minimum Gasteiger partial charge on any atom is -0.406 e. The predicted molar refractivity (Wildman–Crippen MR) is 111 cm³/mol. The molecule has 2 aromatic carbocycles. The molecule has 0 aromatic heterocycles. The largest absolute Gasteiger partial charge is 0.573 e. The number of nitrogens with zero attached hydrogens (tertiary/aromatic N) is 1. The van der Waals surface area contributed by atoms with Crippen LogP contribution in [-0.4, -0.2) is 36.6 Å². The summed E-state index contributed by atoms with van der Waals surface area (Å²) in [4.78, 5) is 14.9. The number of carbonyl (C=O) groups is 1. The number of carbonyl (C=O) groups excluding carboxylic acids is 1. The fourth-order valence-corrected chi connectivity index (χ4v) is 4.38. The average Bonchev–Trinajstić information content (AvgIpc) is 2.74. The van der Waals surface area contributed by atoms with E-state index in [1.165, 1.54) is 17.7 Å². The highest BCUT2D eigenvalue weighted by Gasteiger charge is 2.31. The smallest absolute Gasteiger partial charge is 0.406 e. The molecule has 31 heavy (non-hydrogen) atoms. The van der Waals surface area contributed by atoms with E-state index < -0.39 is 6.36 Å². The topological polar surface area (TPSA) is 61.8 Å². The first kappa shape index (κ1) is 21.5. The van der Waals surface area contributed by atoms with Crippen LogP contribution in [0.5, 0.6) is 5.75 Å². The summed E-state index contributed by atoms with van der Waals surface area (Å²) in [6.07, 6.45) is -1.66. The van der Waals surface area contributed by atoms with Crippen molar-refractivity contribution in [1.82, 2.24) is 0 Å². The Kier molecular flexibility index (Phi) is 6.09. The lowest BCUT2D eigenvalue weighted by Gasteiger charge is -2.33. The van der Waals surface area contributed by atoms with Gasteiger partial charge in [-0.05, 0) is 67.1 Å². The highest BCUT2D eigenvalue weighted by atomic mass is 19.4. The van der Waals surface area contributed by atoms with E-state index in [1.54, 1.807) is 12.1 Å². The molecule has 1 heterocycles. The number of fused-ring (bicyclic) bond motifs is 1. The average molecular weight is 434 g/mol. The third-order valence-electron chi connectivity index (χ3n) is 6.02. The number of aliphatic hydroxyl groups excluding tert-OH is 1. The first-order valence-corrected chi connectivity index (χ1v) is 10.5. The van der Waals surface area contributed by atoms with Gasteiger partial charge in [0, 0.05) is 36.8 Å². The van der Waals surface area contributed by atoms with Crippen molar-refractivity contribution in [2.24, 2.45) is 5.92 Å². The Bertz CT molecular complexity index is 923. The normalized spacial score (nSPS) is 19.6. The highest BCUT2D eigenvalue weighted by molar-refractivity contribution is 5.93. The summed E-state index contributed by atoms with van der Waals surface area (Å²) in [5, 5.41) is 13.0. The second-order valence-corrected chi connectivity index (χ2v) is 8.13. The van der Waals surface area contributed by atoms with E-state index in [4.69, 9.17) is 0 Å². The van der Waals surface area contributed by atoms with Gasteiger partial charge in [0.05, 0.1) is 6.10 Å². The summed E-state index contributed by atoms with van der Waals surface area (Å²) < 4.78 is 40.8. The van der Waals surface area contributed by atoms with Crippen molar-refractivity contribution in [3.63, 3.8) is 0 Å². The number of amides is 1. The predicted octanol–water partition coefficient (Wildman–Crippen LogP) is 4.29. The summed E-state index contributed by atoms with van der Waals surface area (Å²) >= 11 is 0. The first-order valence-electron chi connectivity index (χ1n) is 10.5. The molecule has 1 fully saturated rings. The number of rotatable bonds is 4. The number of benzene rings is 2. The number of alkyl halides is 3. The van der Waals surface area contributed by atoms with E-state index in [1.807, 2.05) is 18.2 Å². The summed E-state index contributed by atoms with van der Waals surface area (Å²) in [6, 6.07) is 11.7. The lowest BCUT2D eigenvalue weighted by Crippen LogP contribution is -2.38. The number of aliphatic hydroxyl groups is 1. The molecule has 2 N–H and O–H groups in total. The lowest BCUT2D eigenvalue weighted by molar-refractivity contribution is -0.274. The van der Waals surface area contributed by atoms with E-state index >= 15 is 0 Å². The lowest BCUT2D eigenvalue weighted by atomic mass is 9.88. The molecule has 8 heteroatoms. The van der Waals surface area contributed by atoms with Gasteiger partial charge >= 0.3 is 6.36 Å². The number of hydrogen-bond donors (Lipinski definition) is 2. The van der Waals surface area contributed by atoms with Crippen molar-refractivity contribution in [3.05, 3.63) is 53.6 Å². The Labute approximate surface area is 178 Å². The molecule has 1 amide bonds. The molecule has 1 aliphatic heterocycles. The van der Waals surface area contributed by atoms with Crippen molar-refractivity contribution in [2.45, 2.75) is 44.6 Å². The number of hydrogen-bond acceptors (Lipinski definition) is 4. The first-order chi connectivity index (χ1) is 14.8. The highest BCUT2D eigenvalue weighted by Crippen LogP contribution is 2.31. The zero-order valence-electron chi connectivity index (χ0n) is 17.0. The zero-order valence-corrected chi connectivity index (χ0v) is 17.0. The molecule has 5 nitrogen and oxygen atoms in total. The Morgan fingerprint density at radius 3 is 2.45 bits per heavy atom. The van der Waals surface area contributed by atoms with Crippen LogP contribution in [0.1, 0.15) is 30.4 Å². The minimum atomic E-state index is -4.71. The van der Waals surface area contributed by atoms with Crippen LogP contribution in [0.3, 0.4) is 0 Å². The third kappa shape index (κ3) is 5.31. The van der Waals surface area contributed by atoms with Crippen molar-refractivity contribution in [3.8, 4) is 5.75 Å². The monoisotopic (exact) mass is 434 g/mol. The quantitative estimate of drug-likeness (QED) is 0.754. The van der Waals surface area contributed by atoms with Crippen molar-refractivity contribution < 1.29 is 27.8 Å². The molecule has 0 saturated carbocycles. The molecule has 1 saturated heterocycles. The van der Waals surface area contributed by atoms with Crippen LogP contribution in [0.25, 0.3) is 0 Å². The van der Waals surface area contributed by atoms with E-state index in [2.05, 4.69) is 15.0 Å². The van der Waals surface area contributed by atoms with Crippen molar-refractivity contribution in [1.29, 1.82) is 0 Å². The van der Waals surface area contributed by atoms with Gasteiger partial charge in [-0.2, -0.15) is 0 Å². The standard InChI is InChI=1S/C23H25F3N2O3/c24-23(25,26)31-19-8-5-17(6-9-19)28-12-10-16(11-13-28)22(30)27-21-3-1-2-15-4-7-18(29)14-20(15)21/h1-3,5-6,8-9,16,18,29H,4,7,10-14H2,(H,27,30). The van der Waals surface area contributed by atoms with Crippen LogP contribution < -0.4 is 15.0 Å². The molecule has 1 atom stereocenters. The number of aryl methyl sites for hydroxylation is 1. The minimum absolute atomic E-state index is 0.0259. The van der Waals surface area contributed by atoms with E-state index in [0.29, 0.717) is 32.4 Å². The molecule has 0 bridgehead atoms. The van der Waals surface area contributed by atoms with Gasteiger partial charge in [0.2, 0.25) is 5.91 Å². The van der Waals surface area contributed by atoms with Crippen LogP contribution in [0.15, 0.2) is 42.5 Å². The van der Waals surface area contributed by atoms with Gasteiger partial charge in [-0.3, -0.25) is 4.79 Å². The number of nitrogens with one attached hydrogen (secondary N) is 1. The second kappa shape index (κ2) is 8.78. The Balaban J connectivity index is 1.34. The SMILES string of the molecule is O=C(Nc1cccc2c1CC(O)CC2)C1CCN(c2ccc(OC(F)(F)F)cc2)CC1. The Hall–Kier alpha value is -2.74. The molecule has 0 radical (unpaired) electrons. The number of halogens is 3. The van der Waals surface area contributed by atoms with Gasteiger partial charge in [0.1, 0.15) is 5.75 Å². The maximum atomic E-state index is 12.8.